The van der Waals surface area contributed by atoms with Gasteiger partial charge in [-0.1, -0.05) is 30.1 Å². The van der Waals surface area contributed by atoms with E-state index < -0.39 is 0 Å². The van der Waals surface area contributed by atoms with Crippen LogP contribution in [0.5, 0.6) is 0 Å². The van der Waals surface area contributed by atoms with E-state index in [1.807, 2.05) is 0 Å². The Balaban J connectivity index is 1.67. The van der Waals surface area contributed by atoms with E-state index in [-0.39, 0.29) is 5.82 Å². The van der Waals surface area contributed by atoms with Gasteiger partial charge in [0.05, 0.1) is 6.54 Å². The highest BCUT2D eigenvalue weighted by atomic mass is 19.1. The molecule has 1 N–H and O–H groups in total. The molecular weight excluding hydrogens is 257 g/mol. The van der Waals surface area contributed by atoms with E-state index in [2.05, 4.69) is 15.5 Å². The number of hydrogen-bond acceptors (Lipinski definition) is 4. The summed E-state index contributed by atoms with van der Waals surface area (Å²) in [6, 6.07) is 5.52. The molecule has 0 unspecified atom stereocenters. The Labute approximate surface area is 117 Å². The maximum atomic E-state index is 13.5. The van der Waals surface area contributed by atoms with Crippen LogP contribution < -0.4 is 5.32 Å². The van der Waals surface area contributed by atoms with E-state index in [1.165, 1.54) is 31.7 Å². The molecule has 1 aromatic heterocycles. The first kappa shape index (κ1) is 13.2. The first-order chi connectivity index (χ1) is 9.72. The summed E-state index contributed by atoms with van der Waals surface area (Å²) in [5.74, 6) is 0.734. The molecule has 106 valence electrons. The van der Waals surface area contributed by atoms with E-state index in [0.29, 0.717) is 35.4 Å². The lowest BCUT2D eigenvalue weighted by atomic mass is 10.1. The predicted octanol–water partition coefficient (Wildman–Crippen LogP) is 3.22. The molecule has 1 heterocycles. The number of rotatable bonds is 4. The van der Waals surface area contributed by atoms with Crippen molar-refractivity contribution >= 4 is 0 Å². The van der Waals surface area contributed by atoms with E-state index in [4.69, 9.17) is 4.52 Å². The second-order valence-corrected chi connectivity index (χ2v) is 5.34. The lowest BCUT2D eigenvalue weighted by Gasteiger charge is -2.08. The van der Waals surface area contributed by atoms with Crippen molar-refractivity contribution in [3.8, 4) is 11.4 Å². The molecule has 0 spiro atoms. The van der Waals surface area contributed by atoms with Crippen LogP contribution >= 0.6 is 0 Å². The highest BCUT2D eigenvalue weighted by molar-refractivity contribution is 5.54. The number of hydrogen-bond donors (Lipinski definition) is 1. The van der Waals surface area contributed by atoms with Gasteiger partial charge in [0.25, 0.3) is 0 Å². The van der Waals surface area contributed by atoms with Crippen LogP contribution in [0.1, 0.15) is 37.1 Å². The lowest BCUT2D eigenvalue weighted by molar-refractivity contribution is 0.357. The highest BCUT2D eigenvalue weighted by Crippen LogP contribution is 2.20. The topological polar surface area (TPSA) is 51.0 Å². The molecule has 1 fully saturated rings. The van der Waals surface area contributed by atoms with Crippen molar-refractivity contribution in [1.29, 1.82) is 0 Å². The van der Waals surface area contributed by atoms with Gasteiger partial charge in [-0.05, 0) is 31.4 Å². The summed E-state index contributed by atoms with van der Waals surface area (Å²) in [6.45, 7) is 2.30. The molecule has 20 heavy (non-hydrogen) atoms. The molecule has 0 saturated heterocycles. The average molecular weight is 275 g/mol. The van der Waals surface area contributed by atoms with Gasteiger partial charge in [-0.2, -0.15) is 4.98 Å². The van der Waals surface area contributed by atoms with Crippen LogP contribution in [-0.2, 0) is 6.54 Å². The Hall–Kier alpha value is -1.75. The van der Waals surface area contributed by atoms with Gasteiger partial charge in [0, 0.05) is 11.6 Å². The zero-order valence-corrected chi connectivity index (χ0v) is 11.5. The Morgan fingerprint density at radius 2 is 2.15 bits per heavy atom. The summed E-state index contributed by atoms with van der Waals surface area (Å²) < 4.78 is 18.7. The number of nitrogens with zero attached hydrogens (tertiary/aromatic N) is 2. The van der Waals surface area contributed by atoms with Gasteiger partial charge < -0.3 is 9.84 Å². The molecule has 0 bridgehead atoms. The summed E-state index contributed by atoms with van der Waals surface area (Å²) >= 11 is 0. The summed E-state index contributed by atoms with van der Waals surface area (Å²) in [6.07, 6.45) is 5.00. The zero-order valence-electron chi connectivity index (χ0n) is 11.5. The number of halogens is 1. The highest BCUT2D eigenvalue weighted by Gasteiger charge is 2.16. The molecule has 5 heteroatoms. The number of benzene rings is 1. The van der Waals surface area contributed by atoms with Gasteiger partial charge in [-0.3, -0.25) is 0 Å². The fourth-order valence-electron chi connectivity index (χ4n) is 2.54. The monoisotopic (exact) mass is 275 g/mol. The maximum Gasteiger partial charge on any atom is 0.240 e. The molecule has 1 saturated carbocycles. The van der Waals surface area contributed by atoms with Crippen molar-refractivity contribution in [3.63, 3.8) is 0 Å². The van der Waals surface area contributed by atoms with E-state index in [9.17, 15) is 4.39 Å². The normalized spacial score (nSPS) is 15.9. The van der Waals surface area contributed by atoms with Crippen molar-refractivity contribution in [2.45, 2.75) is 45.2 Å². The zero-order chi connectivity index (χ0) is 13.9. The van der Waals surface area contributed by atoms with E-state index in [0.717, 1.165) is 0 Å². The van der Waals surface area contributed by atoms with Crippen LogP contribution in [0, 0.1) is 12.7 Å². The fourth-order valence-corrected chi connectivity index (χ4v) is 2.54. The fraction of sp³-hybridized carbons (Fsp3) is 0.467. The summed E-state index contributed by atoms with van der Waals surface area (Å²) in [4.78, 5) is 4.31. The molecule has 1 aromatic carbocycles. The molecule has 1 aliphatic rings. The second kappa shape index (κ2) is 5.71. The third-order valence-electron chi connectivity index (χ3n) is 3.80. The van der Waals surface area contributed by atoms with Gasteiger partial charge in [0.2, 0.25) is 11.7 Å². The third kappa shape index (κ3) is 2.88. The van der Waals surface area contributed by atoms with Crippen molar-refractivity contribution < 1.29 is 8.91 Å². The molecule has 3 rings (SSSR count). The predicted molar refractivity (Wildman–Crippen MR) is 73.5 cm³/mol. The third-order valence-corrected chi connectivity index (χ3v) is 3.80. The van der Waals surface area contributed by atoms with E-state index >= 15 is 0 Å². The van der Waals surface area contributed by atoms with Crippen LogP contribution in [0.3, 0.4) is 0 Å². The Morgan fingerprint density at radius 3 is 2.90 bits per heavy atom. The van der Waals surface area contributed by atoms with Crippen molar-refractivity contribution in [2.75, 3.05) is 0 Å². The molecular formula is C15H18FN3O. The van der Waals surface area contributed by atoms with Gasteiger partial charge in [0.1, 0.15) is 5.82 Å². The minimum absolute atomic E-state index is 0.252. The smallest absolute Gasteiger partial charge is 0.240 e. The van der Waals surface area contributed by atoms with Crippen molar-refractivity contribution in [1.82, 2.24) is 15.5 Å². The quantitative estimate of drug-likeness (QED) is 0.930. The van der Waals surface area contributed by atoms with Crippen LogP contribution in [0.2, 0.25) is 0 Å². The minimum atomic E-state index is -0.252. The molecule has 0 amide bonds. The Kier molecular flexibility index (Phi) is 3.78. The lowest BCUT2D eigenvalue weighted by Crippen LogP contribution is -2.25. The largest absolute Gasteiger partial charge is 0.338 e. The van der Waals surface area contributed by atoms with Crippen LogP contribution in [0.25, 0.3) is 11.4 Å². The molecule has 0 aliphatic heterocycles. The molecule has 1 aliphatic carbocycles. The second-order valence-electron chi connectivity index (χ2n) is 5.34. The van der Waals surface area contributed by atoms with Gasteiger partial charge in [-0.25, -0.2) is 4.39 Å². The van der Waals surface area contributed by atoms with Crippen molar-refractivity contribution in [3.05, 3.63) is 35.5 Å². The Bertz CT molecular complexity index is 591. The molecule has 2 aromatic rings. The standard InChI is InChI=1S/C15H18FN3O/c1-10-6-7-11(8-13(10)16)15-18-14(20-19-15)9-17-12-4-2-3-5-12/h6-8,12,17H,2-5,9H2,1H3. The number of nitrogens with one attached hydrogen (secondary N) is 1. The number of aryl methyl sites for hydroxylation is 1. The summed E-state index contributed by atoms with van der Waals surface area (Å²) in [5.41, 5.74) is 1.25. The Morgan fingerprint density at radius 1 is 1.35 bits per heavy atom. The van der Waals surface area contributed by atoms with Crippen LogP contribution in [0.4, 0.5) is 4.39 Å². The van der Waals surface area contributed by atoms with Crippen LogP contribution in [0.15, 0.2) is 22.7 Å². The summed E-state index contributed by atoms with van der Waals surface area (Å²) in [5, 5.41) is 7.32. The van der Waals surface area contributed by atoms with Gasteiger partial charge in [-0.15, -0.1) is 0 Å². The summed E-state index contributed by atoms with van der Waals surface area (Å²) in [7, 11) is 0. The maximum absolute atomic E-state index is 13.5. The first-order valence-electron chi connectivity index (χ1n) is 7.05. The number of aromatic nitrogens is 2. The average Bonchev–Trinajstić information content (AvgIpc) is 3.10. The van der Waals surface area contributed by atoms with E-state index in [1.54, 1.807) is 19.1 Å². The first-order valence-corrected chi connectivity index (χ1v) is 7.05. The van der Waals surface area contributed by atoms with Crippen LogP contribution in [-0.4, -0.2) is 16.2 Å². The minimum Gasteiger partial charge on any atom is -0.338 e. The molecule has 0 radical (unpaired) electrons. The SMILES string of the molecule is Cc1ccc(-c2noc(CNC3CCCC3)n2)cc1F. The van der Waals surface area contributed by atoms with Gasteiger partial charge in [0.15, 0.2) is 0 Å². The van der Waals surface area contributed by atoms with Crippen molar-refractivity contribution in [2.24, 2.45) is 0 Å². The molecule has 4 nitrogen and oxygen atoms in total. The molecule has 0 atom stereocenters. The van der Waals surface area contributed by atoms with Gasteiger partial charge >= 0.3 is 0 Å².